The Hall–Kier alpha value is -1.42. The molecule has 2 rings (SSSR count). The number of aryl methyl sites for hydroxylation is 1. The molecule has 3 nitrogen and oxygen atoms in total. The summed E-state index contributed by atoms with van der Waals surface area (Å²) in [7, 11) is 0. The molecule has 1 atom stereocenters. The fourth-order valence-electron chi connectivity index (χ4n) is 3.25. The predicted octanol–water partition coefficient (Wildman–Crippen LogP) is 6.63. The van der Waals surface area contributed by atoms with Gasteiger partial charge in [0, 0.05) is 18.2 Å². The number of carbonyl (C=O) groups is 1. The summed E-state index contributed by atoms with van der Waals surface area (Å²) in [5.74, 6) is -0.0716. The number of ether oxygens (including phenoxy) is 1. The number of esters is 1. The van der Waals surface area contributed by atoms with E-state index in [2.05, 4.69) is 17.1 Å². The number of rotatable bonds is 2. The van der Waals surface area contributed by atoms with Crippen LogP contribution in [0.15, 0.2) is 23.1 Å². The highest BCUT2D eigenvalue weighted by molar-refractivity contribution is 7.09. The number of aromatic nitrogens is 1. The molecule has 0 N–H and O–H groups in total. The largest absolute Gasteiger partial charge is 0.457 e. The monoisotopic (exact) mass is 375 g/mol. The van der Waals surface area contributed by atoms with Gasteiger partial charge in [-0.2, -0.15) is 0 Å². The maximum atomic E-state index is 12.3. The molecule has 0 saturated heterocycles. The van der Waals surface area contributed by atoms with Crippen LogP contribution in [-0.2, 0) is 9.53 Å². The van der Waals surface area contributed by atoms with Gasteiger partial charge in [0.1, 0.15) is 6.10 Å². The molecule has 0 radical (unpaired) electrons. The van der Waals surface area contributed by atoms with Crippen molar-refractivity contribution in [3.8, 4) is 0 Å². The second-order valence-electron chi connectivity index (χ2n) is 7.23. The molecule has 1 unspecified atom stereocenters. The lowest BCUT2D eigenvalue weighted by atomic mass is 10.0. The van der Waals surface area contributed by atoms with E-state index in [1.165, 1.54) is 38.5 Å². The third-order valence-electron chi connectivity index (χ3n) is 4.81. The molecule has 0 aliphatic carbocycles. The third-order valence-corrected chi connectivity index (χ3v) is 5.60. The van der Waals surface area contributed by atoms with Crippen LogP contribution in [-0.4, -0.2) is 17.1 Å². The fourth-order valence-corrected chi connectivity index (χ4v) is 3.82. The van der Waals surface area contributed by atoms with Crippen LogP contribution in [0.1, 0.15) is 88.3 Å². The summed E-state index contributed by atoms with van der Waals surface area (Å²) in [6.45, 7) is 4.05. The Labute approximate surface area is 162 Å². The quantitative estimate of drug-likeness (QED) is 0.430. The second-order valence-corrected chi connectivity index (χ2v) is 8.29. The van der Waals surface area contributed by atoms with Crippen LogP contribution in [0.2, 0.25) is 0 Å². The average Bonchev–Trinajstić information content (AvgIpc) is 3.01. The number of hydrogen-bond acceptors (Lipinski definition) is 4. The molecule has 1 aromatic heterocycles. The zero-order chi connectivity index (χ0) is 18.6. The van der Waals surface area contributed by atoms with Crippen molar-refractivity contribution in [2.24, 2.45) is 0 Å². The first-order chi connectivity index (χ1) is 12.6. The van der Waals surface area contributed by atoms with Crippen LogP contribution in [0.25, 0.3) is 6.08 Å². The normalized spacial score (nSPS) is 23.4. The number of carbonyl (C=O) groups excluding carboxylic acids is 1. The molecule has 0 aromatic carbocycles. The van der Waals surface area contributed by atoms with Crippen molar-refractivity contribution in [3.05, 3.63) is 33.8 Å². The molecule has 4 heteroatoms. The molecule has 1 aliphatic heterocycles. The Balaban J connectivity index is 2.01. The molecular formula is C22H33NO2S. The van der Waals surface area contributed by atoms with E-state index in [0.717, 1.165) is 42.0 Å². The van der Waals surface area contributed by atoms with Gasteiger partial charge in [-0.25, -0.2) is 4.98 Å². The summed E-state index contributed by atoms with van der Waals surface area (Å²) in [6, 6.07) is 0. The van der Waals surface area contributed by atoms with E-state index < -0.39 is 0 Å². The van der Waals surface area contributed by atoms with Gasteiger partial charge in [-0.1, -0.05) is 50.7 Å². The highest BCUT2D eigenvalue weighted by Crippen LogP contribution is 2.19. The summed E-state index contributed by atoms with van der Waals surface area (Å²) in [6.07, 6.45) is 18.5. The molecular weight excluding hydrogens is 342 g/mol. The minimum Gasteiger partial charge on any atom is -0.457 e. The Bertz CT molecular complexity index is 603. The van der Waals surface area contributed by atoms with Gasteiger partial charge in [-0.3, -0.25) is 4.79 Å². The van der Waals surface area contributed by atoms with Crippen molar-refractivity contribution in [1.82, 2.24) is 4.98 Å². The Morgan fingerprint density at radius 2 is 1.81 bits per heavy atom. The SMILES string of the molecule is C/C(=C\c1csc(C)n1)C1C/C=C\CCCCCCCCCCC(=O)O1. The smallest absolute Gasteiger partial charge is 0.306 e. The topological polar surface area (TPSA) is 39.2 Å². The minimum atomic E-state index is -0.186. The van der Waals surface area contributed by atoms with Crippen LogP contribution >= 0.6 is 11.3 Å². The van der Waals surface area contributed by atoms with Crippen molar-refractivity contribution in [3.63, 3.8) is 0 Å². The summed E-state index contributed by atoms with van der Waals surface area (Å²) in [5.41, 5.74) is 2.02. The van der Waals surface area contributed by atoms with Crippen molar-refractivity contribution in [2.45, 2.75) is 90.6 Å². The summed E-state index contributed by atoms with van der Waals surface area (Å²) in [5, 5.41) is 3.10. The van der Waals surface area contributed by atoms with Gasteiger partial charge in [0.25, 0.3) is 0 Å². The van der Waals surface area contributed by atoms with E-state index in [-0.39, 0.29) is 12.1 Å². The van der Waals surface area contributed by atoms with Crippen molar-refractivity contribution >= 4 is 23.4 Å². The standard InChI is InChI=1S/C22H33NO2S/c1-18(16-20-17-26-19(2)23-20)21-14-12-10-8-6-4-3-5-7-9-11-13-15-22(24)25-21/h10,12,16-17,21H,3-9,11,13-15H2,1-2H3/b12-10-,18-16+. The number of hydrogen-bond donors (Lipinski definition) is 0. The van der Waals surface area contributed by atoms with Crippen LogP contribution < -0.4 is 0 Å². The van der Waals surface area contributed by atoms with Gasteiger partial charge >= 0.3 is 5.97 Å². The van der Waals surface area contributed by atoms with E-state index in [9.17, 15) is 4.79 Å². The summed E-state index contributed by atoms with van der Waals surface area (Å²) < 4.78 is 5.81. The Morgan fingerprint density at radius 3 is 2.50 bits per heavy atom. The van der Waals surface area contributed by atoms with Crippen LogP contribution in [0.5, 0.6) is 0 Å². The summed E-state index contributed by atoms with van der Waals surface area (Å²) in [4.78, 5) is 16.8. The van der Waals surface area contributed by atoms with Crippen molar-refractivity contribution < 1.29 is 9.53 Å². The van der Waals surface area contributed by atoms with E-state index in [1.54, 1.807) is 11.3 Å². The molecule has 0 bridgehead atoms. The third kappa shape index (κ3) is 8.31. The van der Waals surface area contributed by atoms with Crippen molar-refractivity contribution in [1.29, 1.82) is 0 Å². The first-order valence-electron chi connectivity index (χ1n) is 10.1. The summed E-state index contributed by atoms with van der Waals surface area (Å²) >= 11 is 1.64. The minimum absolute atomic E-state index is 0.0716. The molecule has 0 fully saturated rings. The number of nitrogens with zero attached hydrogens (tertiary/aromatic N) is 1. The molecule has 1 aliphatic rings. The van der Waals surface area contributed by atoms with Crippen LogP contribution in [0.4, 0.5) is 0 Å². The molecule has 0 spiro atoms. The number of thiazole rings is 1. The highest BCUT2D eigenvalue weighted by atomic mass is 32.1. The van der Waals surface area contributed by atoms with Gasteiger partial charge < -0.3 is 4.74 Å². The van der Waals surface area contributed by atoms with Gasteiger partial charge in [0.2, 0.25) is 0 Å². The number of cyclic esters (lactones) is 1. The Kier molecular flexibility index (Phi) is 9.68. The second kappa shape index (κ2) is 12.1. The van der Waals surface area contributed by atoms with Crippen molar-refractivity contribution in [2.75, 3.05) is 0 Å². The average molecular weight is 376 g/mol. The van der Waals surface area contributed by atoms with Crippen LogP contribution in [0, 0.1) is 6.92 Å². The molecule has 1 aromatic rings. The molecule has 26 heavy (non-hydrogen) atoms. The fraction of sp³-hybridized carbons (Fsp3) is 0.636. The lowest BCUT2D eigenvalue weighted by molar-refractivity contribution is -0.147. The zero-order valence-corrected chi connectivity index (χ0v) is 17.2. The van der Waals surface area contributed by atoms with E-state index in [1.807, 2.05) is 25.3 Å². The molecule has 2 heterocycles. The van der Waals surface area contributed by atoms with Crippen LogP contribution in [0.3, 0.4) is 0 Å². The van der Waals surface area contributed by atoms with E-state index >= 15 is 0 Å². The van der Waals surface area contributed by atoms with E-state index in [4.69, 9.17) is 4.74 Å². The van der Waals surface area contributed by atoms with Gasteiger partial charge in [-0.05, 0) is 44.8 Å². The molecule has 144 valence electrons. The Morgan fingerprint density at radius 1 is 1.12 bits per heavy atom. The zero-order valence-electron chi connectivity index (χ0n) is 16.3. The number of allylic oxidation sites excluding steroid dienone is 1. The highest BCUT2D eigenvalue weighted by Gasteiger charge is 2.15. The maximum absolute atomic E-state index is 12.3. The van der Waals surface area contributed by atoms with Gasteiger partial charge in [-0.15, -0.1) is 11.3 Å². The molecule has 0 saturated carbocycles. The maximum Gasteiger partial charge on any atom is 0.306 e. The van der Waals surface area contributed by atoms with Gasteiger partial charge in [0.05, 0.1) is 10.7 Å². The van der Waals surface area contributed by atoms with Gasteiger partial charge in [0.15, 0.2) is 0 Å². The predicted molar refractivity (Wildman–Crippen MR) is 110 cm³/mol. The first-order valence-corrected chi connectivity index (χ1v) is 11.0. The first kappa shape index (κ1) is 20.9. The lowest BCUT2D eigenvalue weighted by Gasteiger charge is -2.17. The molecule has 0 amide bonds. The lowest BCUT2D eigenvalue weighted by Crippen LogP contribution is -2.19. The van der Waals surface area contributed by atoms with E-state index in [0.29, 0.717) is 6.42 Å².